The van der Waals surface area contributed by atoms with Crippen molar-refractivity contribution in [2.24, 2.45) is 0 Å². The lowest BCUT2D eigenvalue weighted by Gasteiger charge is -2.09. The summed E-state index contributed by atoms with van der Waals surface area (Å²) in [4.78, 5) is 23.9. The van der Waals surface area contributed by atoms with Gasteiger partial charge in [0.1, 0.15) is 5.82 Å². The summed E-state index contributed by atoms with van der Waals surface area (Å²) in [6.45, 7) is 4.03. The lowest BCUT2D eigenvalue weighted by Crippen LogP contribution is -2.14. The minimum absolute atomic E-state index is 0.274. The van der Waals surface area contributed by atoms with E-state index in [1.807, 2.05) is 6.92 Å². The Morgan fingerprint density at radius 3 is 2.48 bits per heavy atom. The number of carbonyl (C=O) groups excluding carboxylic acids is 2. The van der Waals surface area contributed by atoms with Gasteiger partial charge in [0.2, 0.25) is 0 Å². The Balaban J connectivity index is 2.07. The van der Waals surface area contributed by atoms with Crippen LogP contribution in [0.3, 0.4) is 0 Å². The van der Waals surface area contributed by atoms with Gasteiger partial charge in [-0.1, -0.05) is 13.0 Å². The highest BCUT2D eigenvalue weighted by Gasteiger charge is 2.11. The van der Waals surface area contributed by atoms with Crippen molar-refractivity contribution in [3.8, 4) is 0 Å². The highest BCUT2D eigenvalue weighted by molar-refractivity contribution is 6.05. The first kappa shape index (κ1) is 16.7. The minimum atomic E-state index is -0.463. The summed E-state index contributed by atoms with van der Waals surface area (Å²) < 4.78 is 18.3. The Morgan fingerprint density at radius 2 is 1.83 bits per heavy atom. The zero-order chi connectivity index (χ0) is 16.8. The molecule has 23 heavy (non-hydrogen) atoms. The second-order valence-electron chi connectivity index (χ2n) is 5.13. The van der Waals surface area contributed by atoms with Crippen molar-refractivity contribution < 1.29 is 18.7 Å². The maximum Gasteiger partial charge on any atom is 0.338 e. The molecule has 0 fully saturated rings. The summed E-state index contributed by atoms with van der Waals surface area (Å²) in [6.07, 6.45) is 0.757. The average Bonchev–Trinajstić information content (AvgIpc) is 2.55. The summed E-state index contributed by atoms with van der Waals surface area (Å²) in [6, 6.07) is 10.4. The Labute approximate surface area is 134 Å². The highest BCUT2D eigenvalue weighted by Crippen LogP contribution is 2.15. The maximum atomic E-state index is 13.3. The molecule has 120 valence electrons. The van der Waals surface area contributed by atoms with E-state index < -0.39 is 17.7 Å². The zero-order valence-electron chi connectivity index (χ0n) is 13.1. The number of hydrogen-bond acceptors (Lipinski definition) is 3. The van der Waals surface area contributed by atoms with Gasteiger partial charge >= 0.3 is 5.97 Å². The number of nitrogens with one attached hydrogen (secondary N) is 1. The highest BCUT2D eigenvalue weighted by atomic mass is 19.1. The van der Waals surface area contributed by atoms with Crippen molar-refractivity contribution in [1.82, 2.24) is 0 Å². The van der Waals surface area contributed by atoms with Crippen LogP contribution in [0.25, 0.3) is 0 Å². The van der Waals surface area contributed by atoms with Crippen LogP contribution < -0.4 is 5.32 Å². The third-order valence-corrected chi connectivity index (χ3v) is 3.26. The molecule has 4 nitrogen and oxygen atoms in total. The van der Waals surface area contributed by atoms with Gasteiger partial charge in [-0.15, -0.1) is 0 Å². The number of rotatable bonds is 5. The monoisotopic (exact) mass is 315 g/mol. The average molecular weight is 315 g/mol. The molecule has 0 aliphatic carbocycles. The third-order valence-electron chi connectivity index (χ3n) is 3.26. The van der Waals surface area contributed by atoms with Crippen LogP contribution in [0.1, 0.15) is 39.6 Å². The molecule has 0 saturated carbocycles. The first-order chi connectivity index (χ1) is 11.0. The molecule has 0 aliphatic rings. The van der Waals surface area contributed by atoms with E-state index in [-0.39, 0.29) is 5.56 Å². The first-order valence-electron chi connectivity index (χ1n) is 7.36. The normalized spacial score (nSPS) is 10.2. The van der Waals surface area contributed by atoms with Crippen LogP contribution in [0.5, 0.6) is 0 Å². The van der Waals surface area contributed by atoms with Crippen LogP contribution in [-0.2, 0) is 4.74 Å². The number of hydrogen-bond donors (Lipinski definition) is 1. The van der Waals surface area contributed by atoms with Crippen LogP contribution in [0.2, 0.25) is 0 Å². The molecular formula is C18H18FNO3. The number of ether oxygens (including phenoxy) is 1. The summed E-state index contributed by atoms with van der Waals surface area (Å²) in [5.74, 6) is -1.26. The fourth-order valence-corrected chi connectivity index (χ4v) is 2.01. The Morgan fingerprint density at radius 1 is 1.13 bits per heavy atom. The van der Waals surface area contributed by atoms with Crippen LogP contribution in [0.4, 0.5) is 10.1 Å². The van der Waals surface area contributed by atoms with Gasteiger partial charge in [0.15, 0.2) is 0 Å². The smallest absolute Gasteiger partial charge is 0.338 e. The van der Waals surface area contributed by atoms with E-state index >= 15 is 0 Å². The van der Waals surface area contributed by atoms with E-state index in [1.54, 1.807) is 37.3 Å². The quantitative estimate of drug-likeness (QED) is 0.850. The second kappa shape index (κ2) is 7.54. The Bertz CT molecular complexity index is 711. The van der Waals surface area contributed by atoms with Gasteiger partial charge < -0.3 is 10.1 Å². The predicted octanol–water partition coefficient (Wildman–Crippen LogP) is 3.95. The van der Waals surface area contributed by atoms with Crippen LogP contribution in [0.15, 0.2) is 42.5 Å². The lowest BCUT2D eigenvalue weighted by atomic mass is 10.1. The van der Waals surface area contributed by atoms with Gasteiger partial charge in [0, 0.05) is 11.3 Å². The summed E-state index contributed by atoms with van der Waals surface area (Å²) in [5.41, 5.74) is 1.89. The van der Waals surface area contributed by atoms with Crippen LogP contribution in [0, 0.1) is 12.7 Å². The number of amides is 1. The van der Waals surface area contributed by atoms with Gasteiger partial charge in [-0.25, -0.2) is 9.18 Å². The number of aryl methyl sites for hydroxylation is 1. The number of benzene rings is 2. The molecule has 0 spiro atoms. The molecule has 2 rings (SSSR count). The fourth-order valence-electron chi connectivity index (χ4n) is 2.01. The third kappa shape index (κ3) is 4.39. The first-order valence-corrected chi connectivity index (χ1v) is 7.36. The Hall–Kier alpha value is -2.69. The van der Waals surface area contributed by atoms with Crippen LogP contribution in [-0.4, -0.2) is 18.5 Å². The van der Waals surface area contributed by atoms with Crippen molar-refractivity contribution in [1.29, 1.82) is 0 Å². The molecule has 0 heterocycles. The second-order valence-corrected chi connectivity index (χ2v) is 5.13. The molecule has 5 heteroatoms. The van der Waals surface area contributed by atoms with Crippen molar-refractivity contribution >= 4 is 17.6 Å². The van der Waals surface area contributed by atoms with Crippen molar-refractivity contribution in [2.45, 2.75) is 20.3 Å². The maximum absolute atomic E-state index is 13.3. The summed E-state index contributed by atoms with van der Waals surface area (Å²) in [5, 5.41) is 2.68. The summed E-state index contributed by atoms with van der Waals surface area (Å²) >= 11 is 0. The molecule has 0 bridgehead atoms. The number of anilines is 1. The van der Waals surface area contributed by atoms with Crippen molar-refractivity contribution in [2.75, 3.05) is 11.9 Å². The van der Waals surface area contributed by atoms with E-state index in [0.717, 1.165) is 6.42 Å². The van der Waals surface area contributed by atoms with Gasteiger partial charge in [-0.3, -0.25) is 4.79 Å². The van der Waals surface area contributed by atoms with Gasteiger partial charge in [-0.2, -0.15) is 0 Å². The van der Waals surface area contributed by atoms with E-state index in [9.17, 15) is 14.0 Å². The zero-order valence-corrected chi connectivity index (χ0v) is 13.1. The molecule has 0 saturated heterocycles. The molecule has 1 amide bonds. The largest absolute Gasteiger partial charge is 0.462 e. The molecule has 1 N–H and O–H groups in total. The molecule has 0 aromatic heterocycles. The Kier molecular flexibility index (Phi) is 5.46. The van der Waals surface area contributed by atoms with Gasteiger partial charge in [-0.05, 0) is 55.3 Å². The number of halogens is 1. The molecule has 0 atom stereocenters. The molecular weight excluding hydrogens is 297 g/mol. The topological polar surface area (TPSA) is 55.4 Å². The molecule has 0 aliphatic heterocycles. The minimum Gasteiger partial charge on any atom is -0.462 e. The van der Waals surface area contributed by atoms with E-state index in [0.29, 0.717) is 23.4 Å². The molecule has 2 aromatic carbocycles. The van der Waals surface area contributed by atoms with Crippen molar-refractivity contribution in [3.05, 3.63) is 65.0 Å². The standard InChI is InChI=1S/C18H18FNO3/c1-3-10-23-18(22)13-5-8-15(9-6-13)20-17(21)16-11-14(19)7-4-12(16)2/h4-9,11H,3,10H2,1-2H3,(H,20,21). The number of carbonyl (C=O) groups is 2. The van der Waals surface area contributed by atoms with E-state index in [2.05, 4.69) is 5.32 Å². The van der Waals surface area contributed by atoms with E-state index in [4.69, 9.17) is 4.74 Å². The van der Waals surface area contributed by atoms with Crippen LogP contribution >= 0.6 is 0 Å². The van der Waals surface area contributed by atoms with E-state index in [1.165, 1.54) is 12.1 Å². The number of esters is 1. The predicted molar refractivity (Wildman–Crippen MR) is 86.1 cm³/mol. The fraction of sp³-hybridized carbons (Fsp3) is 0.222. The lowest BCUT2D eigenvalue weighted by molar-refractivity contribution is 0.0505. The molecule has 0 radical (unpaired) electrons. The SMILES string of the molecule is CCCOC(=O)c1ccc(NC(=O)c2cc(F)ccc2C)cc1. The van der Waals surface area contributed by atoms with Gasteiger partial charge in [0.05, 0.1) is 12.2 Å². The molecule has 0 unspecified atom stereocenters. The summed E-state index contributed by atoms with van der Waals surface area (Å²) in [7, 11) is 0. The van der Waals surface area contributed by atoms with Crippen molar-refractivity contribution in [3.63, 3.8) is 0 Å². The van der Waals surface area contributed by atoms with Gasteiger partial charge in [0.25, 0.3) is 5.91 Å². The molecule has 2 aromatic rings.